The van der Waals surface area contributed by atoms with Crippen LogP contribution >= 0.6 is 23.2 Å². The van der Waals surface area contributed by atoms with Gasteiger partial charge in [-0.05, 0) is 30.3 Å². The second-order valence-corrected chi connectivity index (χ2v) is 3.57. The summed E-state index contributed by atoms with van der Waals surface area (Å²) in [5.74, 6) is 1.04. The fourth-order valence-electron chi connectivity index (χ4n) is 0.982. The van der Waals surface area contributed by atoms with Gasteiger partial charge in [0.2, 0.25) is 5.88 Å². The van der Waals surface area contributed by atoms with E-state index in [-0.39, 0.29) is 0 Å². The summed E-state index contributed by atoms with van der Waals surface area (Å²) in [6.45, 7) is 0. The van der Waals surface area contributed by atoms with Crippen LogP contribution in [0.15, 0.2) is 36.4 Å². The molecule has 0 aliphatic carbocycles. The topological polar surface area (TPSA) is 35.0 Å². The molecule has 0 saturated carbocycles. The number of halogens is 2. The van der Waals surface area contributed by atoms with E-state index >= 15 is 0 Å². The summed E-state index contributed by atoms with van der Waals surface area (Å²) in [6, 6.07) is 10.2. The molecule has 0 aliphatic rings. The third kappa shape index (κ3) is 2.81. The van der Waals surface area contributed by atoms with E-state index in [0.29, 0.717) is 21.8 Å². The summed E-state index contributed by atoms with van der Waals surface area (Å²) < 4.78 is 5.40. The van der Waals surface area contributed by atoms with Crippen molar-refractivity contribution in [3.05, 3.63) is 46.6 Å². The molecular weight excluding hydrogens is 235 g/mol. The van der Waals surface area contributed by atoms with Crippen LogP contribution in [-0.2, 0) is 0 Å². The lowest BCUT2D eigenvalue weighted by Gasteiger charge is -2.03. The van der Waals surface area contributed by atoms with Crippen LogP contribution in [0.25, 0.3) is 0 Å². The molecule has 76 valence electrons. The van der Waals surface area contributed by atoms with Crippen LogP contribution in [0.2, 0.25) is 10.2 Å². The highest BCUT2D eigenvalue weighted by atomic mass is 35.5. The zero-order valence-electron chi connectivity index (χ0n) is 7.52. The SMILES string of the molecule is Clc1ccc(Oc2ccc(Cl)nn2)cc1. The Hall–Kier alpha value is -1.32. The number of rotatable bonds is 2. The monoisotopic (exact) mass is 240 g/mol. The maximum absolute atomic E-state index is 5.73. The average molecular weight is 241 g/mol. The van der Waals surface area contributed by atoms with Gasteiger partial charge in [-0.15, -0.1) is 10.2 Å². The molecule has 0 unspecified atom stereocenters. The van der Waals surface area contributed by atoms with Gasteiger partial charge in [0, 0.05) is 11.1 Å². The van der Waals surface area contributed by atoms with Crippen molar-refractivity contribution in [2.24, 2.45) is 0 Å². The summed E-state index contributed by atoms with van der Waals surface area (Å²) in [7, 11) is 0. The number of ether oxygens (including phenoxy) is 1. The van der Waals surface area contributed by atoms with Crippen molar-refractivity contribution >= 4 is 23.2 Å². The predicted molar refractivity (Wildman–Crippen MR) is 58.6 cm³/mol. The Bertz CT molecular complexity index is 398. The minimum absolute atomic E-state index is 0.332. The number of nitrogens with zero attached hydrogens (tertiary/aromatic N) is 2. The molecule has 0 radical (unpaired) electrons. The minimum atomic E-state index is 0.332. The zero-order valence-corrected chi connectivity index (χ0v) is 9.03. The summed E-state index contributed by atoms with van der Waals surface area (Å²) >= 11 is 11.3. The first kappa shape index (κ1) is 10.2. The normalized spacial score (nSPS) is 10.0. The second-order valence-electron chi connectivity index (χ2n) is 2.75. The van der Waals surface area contributed by atoms with Crippen LogP contribution in [0.5, 0.6) is 11.6 Å². The Kier molecular flexibility index (Phi) is 3.04. The Balaban J connectivity index is 2.15. The van der Waals surface area contributed by atoms with Gasteiger partial charge in [-0.2, -0.15) is 0 Å². The van der Waals surface area contributed by atoms with Crippen molar-refractivity contribution in [1.29, 1.82) is 0 Å². The predicted octanol–water partition coefficient (Wildman–Crippen LogP) is 3.58. The molecule has 0 saturated heterocycles. The highest BCUT2D eigenvalue weighted by Crippen LogP contribution is 2.21. The highest BCUT2D eigenvalue weighted by molar-refractivity contribution is 6.30. The van der Waals surface area contributed by atoms with Gasteiger partial charge in [-0.3, -0.25) is 0 Å². The fraction of sp³-hybridized carbons (Fsp3) is 0. The summed E-state index contributed by atoms with van der Waals surface area (Å²) in [5.41, 5.74) is 0. The Morgan fingerprint density at radius 2 is 1.60 bits per heavy atom. The quantitative estimate of drug-likeness (QED) is 0.805. The van der Waals surface area contributed by atoms with Crippen molar-refractivity contribution in [2.45, 2.75) is 0 Å². The summed E-state index contributed by atoms with van der Waals surface area (Å²) in [4.78, 5) is 0. The highest BCUT2D eigenvalue weighted by Gasteiger charge is 1.99. The molecule has 1 aromatic carbocycles. The van der Waals surface area contributed by atoms with Crippen LogP contribution < -0.4 is 4.74 Å². The molecule has 1 aromatic heterocycles. The molecule has 2 rings (SSSR count). The molecular formula is C10H6Cl2N2O. The first-order chi connectivity index (χ1) is 7.24. The van der Waals surface area contributed by atoms with Crippen molar-refractivity contribution < 1.29 is 4.74 Å². The lowest BCUT2D eigenvalue weighted by Crippen LogP contribution is -1.89. The van der Waals surface area contributed by atoms with E-state index in [1.165, 1.54) is 0 Å². The molecule has 0 fully saturated rings. The lowest BCUT2D eigenvalue weighted by atomic mass is 10.3. The van der Waals surface area contributed by atoms with Gasteiger partial charge in [0.25, 0.3) is 0 Å². The van der Waals surface area contributed by atoms with Gasteiger partial charge in [0.15, 0.2) is 5.15 Å². The third-order valence-electron chi connectivity index (χ3n) is 1.64. The van der Waals surface area contributed by atoms with Gasteiger partial charge >= 0.3 is 0 Å². The van der Waals surface area contributed by atoms with Crippen molar-refractivity contribution in [1.82, 2.24) is 10.2 Å². The first-order valence-corrected chi connectivity index (χ1v) is 4.92. The van der Waals surface area contributed by atoms with E-state index in [1.54, 1.807) is 36.4 Å². The standard InChI is InChI=1S/C10H6Cl2N2O/c11-7-1-3-8(4-2-7)15-10-6-5-9(12)13-14-10/h1-6H. The van der Waals surface area contributed by atoms with E-state index in [0.717, 1.165) is 0 Å². The van der Waals surface area contributed by atoms with E-state index in [4.69, 9.17) is 27.9 Å². The number of aromatic nitrogens is 2. The minimum Gasteiger partial charge on any atom is -0.438 e. The zero-order chi connectivity index (χ0) is 10.7. The smallest absolute Gasteiger partial charge is 0.238 e. The molecule has 5 heteroatoms. The Morgan fingerprint density at radius 3 is 2.20 bits per heavy atom. The van der Waals surface area contributed by atoms with Crippen LogP contribution in [-0.4, -0.2) is 10.2 Å². The first-order valence-electron chi connectivity index (χ1n) is 4.17. The lowest BCUT2D eigenvalue weighted by molar-refractivity contribution is 0.455. The molecule has 1 heterocycles. The molecule has 15 heavy (non-hydrogen) atoms. The molecule has 0 N–H and O–H groups in total. The van der Waals surface area contributed by atoms with Gasteiger partial charge < -0.3 is 4.74 Å². The van der Waals surface area contributed by atoms with E-state index in [1.807, 2.05) is 0 Å². The second kappa shape index (κ2) is 4.47. The molecule has 0 bridgehead atoms. The Morgan fingerprint density at radius 1 is 0.867 bits per heavy atom. The molecule has 0 spiro atoms. The van der Waals surface area contributed by atoms with Gasteiger partial charge in [-0.1, -0.05) is 23.2 Å². The molecule has 0 atom stereocenters. The molecule has 0 aliphatic heterocycles. The number of hydrogen-bond donors (Lipinski definition) is 0. The van der Waals surface area contributed by atoms with Crippen LogP contribution in [0.3, 0.4) is 0 Å². The van der Waals surface area contributed by atoms with Crippen LogP contribution in [0.4, 0.5) is 0 Å². The van der Waals surface area contributed by atoms with Crippen molar-refractivity contribution in [3.63, 3.8) is 0 Å². The van der Waals surface area contributed by atoms with Gasteiger partial charge in [-0.25, -0.2) is 0 Å². The maximum Gasteiger partial charge on any atom is 0.238 e. The van der Waals surface area contributed by atoms with Crippen LogP contribution in [0, 0.1) is 0 Å². The summed E-state index contributed by atoms with van der Waals surface area (Å²) in [5, 5.41) is 8.40. The van der Waals surface area contributed by atoms with E-state index in [9.17, 15) is 0 Å². The van der Waals surface area contributed by atoms with Crippen molar-refractivity contribution in [2.75, 3.05) is 0 Å². The van der Waals surface area contributed by atoms with E-state index in [2.05, 4.69) is 10.2 Å². The number of benzene rings is 1. The van der Waals surface area contributed by atoms with Gasteiger partial charge in [0.1, 0.15) is 5.75 Å². The molecule has 2 aromatic rings. The summed E-state index contributed by atoms with van der Waals surface area (Å²) in [6.07, 6.45) is 0. The maximum atomic E-state index is 5.73. The third-order valence-corrected chi connectivity index (χ3v) is 2.10. The number of hydrogen-bond acceptors (Lipinski definition) is 3. The fourth-order valence-corrected chi connectivity index (χ4v) is 1.21. The van der Waals surface area contributed by atoms with E-state index < -0.39 is 0 Å². The largest absolute Gasteiger partial charge is 0.438 e. The van der Waals surface area contributed by atoms with Crippen LogP contribution in [0.1, 0.15) is 0 Å². The molecule has 3 nitrogen and oxygen atoms in total. The Labute approximate surface area is 96.6 Å². The average Bonchev–Trinajstić information content (AvgIpc) is 2.25. The van der Waals surface area contributed by atoms with Gasteiger partial charge in [0.05, 0.1) is 0 Å². The van der Waals surface area contributed by atoms with Crippen molar-refractivity contribution in [3.8, 4) is 11.6 Å². The molecule has 0 amide bonds.